The van der Waals surface area contributed by atoms with E-state index in [0.29, 0.717) is 18.7 Å². The largest absolute Gasteiger partial charge is 0.437 e. The first-order valence-corrected chi connectivity index (χ1v) is 6.70. The molecule has 1 saturated heterocycles. The molecule has 0 aliphatic carbocycles. The third-order valence-corrected chi connectivity index (χ3v) is 3.78. The van der Waals surface area contributed by atoms with Crippen molar-refractivity contribution in [3.63, 3.8) is 0 Å². The maximum Gasteiger partial charge on any atom is 0.376 e. The highest BCUT2D eigenvalue weighted by molar-refractivity contribution is 6.45. The zero-order valence-corrected chi connectivity index (χ0v) is 11.2. The number of hydrogen-bond donors (Lipinski definition) is 1. The van der Waals surface area contributed by atoms with Gasteiger partial charge in [0.15, 0.2) is 0 Å². The van der Waals surface area contributed by atoms with Crippen LogP contribution in [0.5, 0.6) is 0 Å². The highest BCUT2D eigenvalue weighted by atomic mass is 16.5. The Labute approximate surface area is 110 Å². The van der Waals surface area contributed by atoms with Crippen LogP contribution in [0.15, 0.2) is 30.3 Å². The first-order valence-electron chi connectivity index (χ1n) is 6.70. The Kier molecular flexibility index (Phi) is 4.81. The van der Waals surface area contributed by atoms with Gasteiger partial charge in [0.05, 0.1) is 6.61 Å². The lowest BCUT2D eigenvalue weighted by molar-refractivity contribution is 0.132. The molecule has 18 heavy (non-hydrogen) atoms. The molecule has 0 unspecified atom stereocenters. The average molecular weight is 247 g/mol. The van der Waals surface area contributed by atoms with E-state index in [1.54, 1.807) is 7.11 Å². The van der Waals surface area contributed by atoms with Crippen LogP contribution >= 0.6 is 0 Å². The van der Waals surface area contributed by atoms with Gasteiger partial charge in [-0.1, -0.05) is 30.3 Å². The molecule has 0 aromatic heterocycles. The van der Waals surface area contributed by atoms with Crippen LogP contribution in [0, 0.1) is 0 Å². The summed E-state index contributed by atoms with van der Waals surface area (Å²) in [5.74, 6) is 0. The lowest BCUT2D eigenvalue weighted by Crippen LogP contribution is -2.48. The second-order valence-electron chi connectivity index (χ2n) is 5.11. The van der Waals surface area contributed by atoms with Crippen LogP contribution in [-0.2, 0) is 11.2 Å². The second-order valence-corrected chi connectivity index (χ2v) is 5.11. The van der Waals surface area contributed by atoms with Crippen LogP contribution in [-0.4, -0.2) is 42.7 Å². The van der Waals surface area contributed by atoms with E-state index >= 15 is 0 Å². The predicted molar refractivity (Wildman–Crippen MR) is 74.5 cm³/mol. The molecule has 4 heteroatoms. The maximum atomic E-state index is 9.97. The Bertz CT molecular complexity index is 358. The molecule has 0 bridgehead atoms. The van der Waals surface area contributed by atoms with E-state index in [4.69, 9.17) is 4.74 Å². The van der Waals surface area contributed by atoms with Gasteiger partial charge in [-0.3, -0.25) is 0 Å². The van der Waals surface area contributed by atoms with E-state index in [1.807, 2.05) is 12.9 Å². The topological polar surface area (TPSA) is 32.7 Å². The summed E-state index contributed by atoms with van der Waals surface area (Å²) in [5, 5.41) is 9.97. The van der Waals surface area contributed by atoms with Gasteiger partial charge in [0.25, 0.3) is 0 Å². The van der Waals surface area contributed by atoms with E-state index < -0.39 is 7.05 Å². The van der Waals surface area contributed by atoms with E-state index in [2.05, 4.69) is 29.1 Å². The monoisotopic (exact) mass is 247 g/mol. The molecule has 0 amide bonds. The molecular formula is C14H22BNO2. The first-order chi connectivity index (χ1) is 8.72. The van der Waals surface area contributed by atoms with Gasteiger partial charge >= 0.3 is 7.05 Å². The fraction of sp³-hybridized carbons (Fsp3) is 0.571. The third-order valence-electron chi connectivity index (χ3n) is 3.78. The molecule has 1 aromatic rings. The Morgan fingerprint density at radius 2 is 1.94 bits per heavy atom. The van der Waals surface area contributed by atoms with Gasteiger partial charge in [0, 0.05) is 19.2 Å². The molecule has 0 spiro atoms. The van der Waals surface area contributed by atoms with Gasteiger partial charge in [0.2, 0.25) is 0 Å². The van der Waals surface area contributed by atoms with E-state index in [9.17, 15) is 5.02 Å². The number of benzene rings is 1. The van der Waals surface area contributed by atoms with Crippen LogP contribution in [0.25, 0.3) is 0 Å². The Morgan fingerprint density at radius 1 is 1.28 bits per heavy atom. The minimum absolute atomic E-state index is 0.351. The molecule has 2 atom stereocenters. The van der Waals surface area contributed by atoms with Gasteiger partial charge in [0.1, 0.15) is 0 Å². The number of methoxy groups -OCH3 is 1. The zero-order chi connectivity index (χ0) is 13.0. The summed E-state index contributed by atoms with van der Waals surface area (Å²) in [7, 11) is 1.33. The molecule has 0 saturated carbocycles. The SMILES string of the molecule is COC[C@@H]1CC[C@@H](Cc2ccccc2)N1B(C)O. The lowest BCUT2D eigenvalue weighted by Gasteiger charge is -2.31. The van der Waals surface area contributed by atoms with Gasteiger partial charge in [-0.2, -0.15) is 0 Å². The third kappa shape index (κ3) is 3.13. The summed E-state index contributed by atoms with van der Waals surface area (Å²) in [4.78, 5) is 2.20. The van der Waals surface area contributed by atoms with Crippen molar-refractivity contribution < 1.29 is 9.76 Å². The Balaban J connectivity index is 2.04. The summed E-state index contributed by atoms with van der Waals surface area (Å²) in [6, 6.07) is 11.3. The van der Waals surface area contributed by atoms with Crippen LogP contribution < -0.4 is 0 Å². The van der Waals surface area contributed by atoms with Crippen molar-refractivity contribution in [2.45, 2.75) is 38.2 Å². The van der Waals surface area contributed by atoms with Gasteiger partial charge in [-0.05, 0) is 31.6 Å². The van der Waals surface area contributed by atoms with Crippen molar-refractivity contribution >= 4 is 7.05 Å². The minimum Gasteiger partial charge on any atom is -0.437 e. The lowest BCUT2D eigenvalue weighted by atomic mass is 9.82. The van der Waals surface area contributed by atoms with Crippen LogP contribution in [0.1, 0.15) is 18.4 Å². The van der Waals surface area contributed by atoms with Gasteiger partial charge < -0.3 is 14.6 Å². The number of nitrogens with zero attached hydrogens (tertiary/aromatic N) is 1. The smallest absolute Gasteiger partial charge is 0.376 e. The second kappa shape index (κ2) is 6.37. The van der Waals surface area contributed by atoms with Crippen molar-refractivity contribution in [2.75, 3.05) is 13.7 Å². The molecule has 1 aliphatic heterocycles. The van der Waals surface area contributed by atoms with Crippen LogP contribution in [0.4, 0.5) is 0 Å². The molecule has 0 radical (unpaired) electrons. The molecule has 2 rings (SSSR count). The molecule has 1 aromatic carbocycles. The Hall–Kier alpha value is -0.835. The highest BCUT2D eigenvalue weighted by Gasteiger charge is 2.37. The van der Waals surface area contributed by atoms with E-state index in [1.165, 1.54) is 5.56 Å². The molecule has 1 heterocycles. The van der Waals surface area contributed by atoms with Crippen molar-refractivity contribution in [3.8, 4) is 0 Å². The van der Waals surface area contributed by atoms with Gasteiger partial charge in [-0.25, -0.2) is 0 Å². The van der Waals surface area contributed by atoms with Crippen molar-refractivity contribution in [2.24, 2.45) is 0 Å². The molecule has 1 N–H and O–H groups in total. The first kappa shape index (κ1) is 13.6. The van der Waals surface area contributed by atoms with Gasteiger partial charge in [-0.15, -0.1) is 0 Å². The molecule has 1 aliphatic rings. The van der Waals surface area contributed by atoms with Crippen molar-refractivity contribution in [3.05, 3.63) is 35.9 Å². The number of rotatable bonds is 5. The standard InChI is InChI=1S/C14H22BNO2/c1-15(17)16-13(8-9-14(16)11-18-2)10-12-6-4-3-5-7-12/h3-7,13-14,17H,8-11H2,1-2H3/t13-,14-/m0/s1. The van der Waals surface area contributed by atoms with Crippen LogP contribution in [0.3, 0.4) is 0 Å². The highest BCUT2D eigenvalue weighted by Crippen LogP contribution is 2.27. The molecular weight excluding hydrogens is 225 g/mol. The molecule has 3 nitrogen and oxygen atoms in total. The normalized spacial score (nSPS) is 24.4. The summed E-state index contributed by atoms with van der Waals surface area (Å²) < 4.78 is 5.25. The predicted octanol–water partition coefficient (Wildman–Crippen LogP) is 1.82. The Morgan fingerprint density at radius 3 is 2.56 bits per heavy atom. The molecule has 98 valence electrons. The summed E-state index contributed by atoms with van der Waals surface area (Å²) in [5.41, 5.74) is 1.34. The van der Waals surface area contributed by atoms with E-state index in [0.717, 1.165) is 19.3 Å². The fourth-order valence-electron chi connectivity index (χ4n) is 3.05. The maximum absolute atomic E-state index is 9.97. The average Bonchev–Trinajstić information content (AvgIpc) is 2.74. The minimum atomic E-state index is -0.402. The van der Waals surface area contributed by atoms with Crippen molar-refractivity contribution in [1.82, 2.24) is 4.81 Å². The quantitative estimate of drug-likeness (QED) is 0.805. The number of ether oxygens (including phenoxy) is 1. The zero-order valence-electron chi connectivity index (χ0n) is 11.2. The molecule has 1 fully saturated rings. The summed E-state index contributed by atoms with van der Waals surface area (Å²) >= 11 is 0. The van der Waals surface area contributed by atoms with Crippen LogP contribution in [0.2, 0.25) is 6.82 Å². The van der Waals surface area contributed by atoms with E-state index in [-0.39, 0.29) is 0 Å². The summed E-state index contributed by atoms with van der Waals surface area (Å²) in [6.07, 6.45) is 3.25. The number of hydrogen-bond acceptors (Lipinski definition) is 3. The summed E-state index contributed by atoms with van der Waals surface area (Å²) in [6.45, 7) is 2.56. The fourth-order valence-corrected chi connectivity index (χ4v) is 3.05. The van der Waals surface area contributed by atoms with Crippen molar-refractivity contribution in [1.29, 1.82) is 0 Å².